The normalized spacial score (nSPS) is 20.0. The molecule has 0 aliphatic carbocycles. The Morgan fingerprint density at radius 1 is 1.23 bits per heavy atom. The Hall–Kier alpha value is -2.90. The number of allylic oxidation sites excluding steroid dienone is 1. The standard InChI is InChI=1S/C24H31N3O4/c1-7-23(3,4)20-16(12-18-22(30)25-13(2)21(29)27-18)15-10-14(8-9-17(15)26-20)11-19(28)24(5,6)31/h7-10,12-13,19,26,28,31H,1,11H2,2-6H3,(H,25,30)(H,27,29)/b18-12-/t13-,19+/m0/s1. The molecule has 1 fully saturated rings. The van der Waals surface area contributed by atoms with E-state index in [4.69, 9.17) is 0 Å². The number of fused-ring (bicyclic) bond motifs is 1. The number of aromatic amines is 1. The third kappa shape index (κ3) is 4.57. The minimum absolute atomic E-state index is 0.173. The molecule has 1 aliphatic rings. The van der Waals surface area contributed by atoms with Crippen LogP contribution in [0.4, 0.5) is 0 Å². The first-order valence-corrected chi connectivity index (χ1v) is 10.4. The maximum Gasteiger partial charge on any atom is 0.268 e. The van der Waals surface area contributed by atoms with Crippen molar-refractivity contribution in [3.05, 3.63) is 53.4 Å². The van der Waals surface area contributed by atoms with E-state index in [0.29, 0.717) is 0 Å². The van der Waals surface area contributed by atoms with E-state index in [1.807, 2.05) is 38.1 Å². The fraction of sp³-hybridized carbons (Fsp3) is 0.417. The SMILES string of the molecule is C=CC(C)(C)c1[nH]c2ccc(C[C@@H](O)C(C)(C)O)cc2c1/C=C1\NC(=O)[C@H](C)NC1=O. The molecule has 2 amide bonds. The number of aliphatic hydroxyl groups excluding tert-OH is 1. The molecule has 1 aliphatic heterocycles. The molecule has 7 nitrogen and oxygen atoms in total. The fourth-order valence-electron chi connectivity index (χ4n) is 3.50. The minimum Gasteiger partial charge on any atom is -0.390 e. The average molecular weight is 426 g/mol. The number of rotatable bonds is 6. The summed E-state index contributed by atoms with van der Waals surface area (Å²) in [6.45, 7) is 12.7. The van der Waals surface area contributed by atoms with Gasteiger partial charge in [-0.3, -0.25) is 9.59 Å². The van der Waals surface area contributed by atoms with Crippen LogP contribution < -0.4 is 10.6 Å². The van der Waals surface area contributed by atoms with E-state index in [9.17, 15) is 19.8 Å². The van der Waals surface area contributed by atoms with Gasteiger partial charge in [0.15, 0.2) is 0 Å². The molecule has 7 heteroatoms. The van der Waals surface area contributed by atoms with Crippen LogP contribution in [0.3, 0.4) is 0 Å². The number of amides is 2. The van der Waals surface area contributed by atoms with Gasteiger partial charge in [0, 0.05) is 34.0 Å². The summed E-state index contributed by atoms with van der Waals surface area (Å²) in [7, 11) is 0. The van der Waals surface area contributed by atoms with Crippen molar-refractivity contribution in [2.24, 2.45) is 0 Å². The Morgan fingerprint density at radius 3 is 2.52 bits per heavy atom. The van der Waals surface area contributed by atoms with E-state index in [2.05, 4.69) is 22.2 Å². The van der Waals surface area contributed by atoms with Crippen molar-refractivity contribution in [3.63, 3.8) is 0 Å². The molecule has 0 radical (unpaired) electrons. The maximum atomic E-state index is 12.5. The van der Waals surface area contributed by atoms with Crippen molar-refractivity contribution in [1.29, 1.82) is 0 Å². The maximum absolute atomic E-state index is 12.5. The lowest BCUT2D eigenvalue weighted by molar-refractivity contribution is -0.130. The molecule has 1 aromatic carbocycles. The van der Waals surface area contributed by atoms with Gasteiger partial charge in [0.1, 0.15) is 11.7 Å². The zero-order valence-corrected chi connectivity index (χ0v) is 18.7. The van der Waals surface area contributed by atoms with E-state index in [-0.39, 0.29) is 23.9 Å². The van der Waals surface area contributed by atoms with Crippen LogP contribution in [0.25, 0.3) is 17.0 Å². The number of carbonyl (C=O) groups is 2. The molecule has 2 heterocycles. The molecule has 1 aromatic heterocycles. The molecule has 2 atom stereocenters. The Bertz CT molecular complexity index is 1070. The highest BCUT2D eigenvalue weighted by Gasteiger charge is 2.29. The van der Waals surface area contributed by atoms with Crippen LogP contribution in [-0.4, -0.2) is 44.8 Å². The summed E-state index contributed by atoms with van der Waals surface area (Å²) >= 11 is 0. The zero-order chi connectivity index (χ0) is 23.1. The lowest BCUT2D eigenvalue weighted by Gasteiger charge is -2.24. The summed E-state index contributed by atoms with van der Waals surface area (Å²) in [5, 5.41) is 26.6. The lowest BCUT2D eigenvalue weighted by Crippen LogP contribution is -2.53. The van der Waals surface area contributed by atoms with Gasteiger partial charge in [-0.25, -0.2) is 0 Å². The number of hydrogen-bond donors (Lipinski definition) is 5. The molecular weight excluding hydrogens is 394 g/mol. The Kier molecular flexibility index (Phi) is 5.86. The zero-order valence-electron chi connectivity index (χ0n) is 18.7. The molecule has 0 saturated carbocycles. The van der Waals surface area contributed by atoms with Gasteiger partial charge < -0.3 is 25.8 Å². The highest BCUT2D eigenvalue weighted by atomic mass is 16.3. The third-order valence-electron chi connectivity index (χ3n) is 5.83. The molecule has 0 bridgehead atoms. The summed E-state index contributed by atoms with van der Waals surface area (Å²) < 4.78 is 0. The second kappa shape index (κ2) is 7.98. The van der Waals surface area contributed by atoms with E-state index < -0.39 is 23.2 Å². The van der Waals surface area contributed by atoms with Gasteiger partial charge in [-0.15, -0.1) is 6.58 Å². The van der Waals surface area contributed by atoms with Gasteiger partial charge in [-0.05, 0) is 44.5 Å². The second-order valence-corrected chi connectivity index (χ2v) is 9.34. The molecule has 31 heavy (non-hydrogen) atoms. The number of benzene rings is 1. The first kappa shape index (κ1) is 22.8. The van der Waals surface area contributed by atoms with E-state index in [0.717, 1.165) is 27.7 Å². The van der Waals surface area contributed by atoms with E-state index in [1.54, 1.807) is 26.8 Å². The molecular formula is C24H31N3O4. The highest BCUT2D eigenvalue weighted by Crippen LogP contribution is 2.35. The van der Waals surface area contributed by atoms with Crippen molar-refractivity contribution < 1.29 is 19.8 Å². The number of hydrogen-bond acceptors (Lipinski definition) is 4. The van der Waals surface area contributed by atoms with Crippen molar-refractivity contribution in [2.45, 2.75) is 64.2 Å². The van der Waals surface area contributed by atoms with Crippen molar-refractivity contribution >= 4 is 28.8 Å². The summed E-state index contributed by atoms with van der Waals surface area (Å²) in [5.41, 5.74) is 1.83. The summed E-state index contributed by atoms with van der Waals surface area (Å²) in [6, 6.07) is 5.15. The molecule has 0 unspecified atom stereocenters. The van der Waals surface area contributed by atoms with Crippen LogP contribution in [0.1, 0.15) is 51.4 Å². The Balaban J connectivity index is 2.16. The molecule has 1 saturated heterocycles. The predicted octanol–water partition coefficient (Wildman–Crippen LogP) is 2.28. The predicted molar refractivity (Wildman–Crippen MR) is 121 cm³/mol. The van der Waals surface area contributed by atoms with Gasteiger partial charge in [-0.2, -0.15) is 0 Å². The average Bonchev–Trinajstić information content (AvgIpc) is 3.04. The second-order valence-electron chi connectivity index (χ2n) is 9.34. The van der Waals surface area contributed by atoms with Gasteiger partial charge in [0.25, 0.3) is 5.91 Å². The number of aliphatic hydroxyl groups is 2. The largest absolute Gasteiger partial charge is 0.390 e. The minimum atomic E-state index is -1.23. The third-order valence-corrected chi connectivity index (χ3v) is 5.83. The summed E-state index contributed by atoms with van der Waals surface area (Å²) in [5.74, 6) is -0.623. The van der Waals surface area contributed by atoms with Gasteiger partial charge in [0.05, 0.1) is 11.7 Å². The van der Waals surface area contributed by atoms with Crippen LogP contribution >= 0.6 is 0 Å². The molecule has 5 N–H and O–H groups in total. The first-order chi connectivity index (χ1) is 14.3. The van der Waals surface area contributed by atoms with Crippen LogP contribution in [-0.2, 0) is 21.4 Å². The Labute approximate surface area is 182 Å². The van der Waals surface area contributed by atoms with Crippen molar-refractivity contribution in [2.75, 3.05) is 0 Å². The van der Waals surface area contributed by atoms with E-state index in [1.165, 1.54) is 0 Å². The van der Waals surface area contributed by atoms with Gasteiger partial charge in [0.2, 0.25) is 5.91 Å². The van der Waals surface area contributed by atoms with Crippen LogP contribution in [0, 0.1) is 0 Å². The molecule has 0 spiro atoms. The molecule has 3 rings (SSSR count). The van der Waals surface area contributed by atoms with Crippen LogP contribution in [0.15, 0.2) is 36.6 Å². The number of aromatic nitrogens is 1. The quantitative estimate of drug-likeness (QED) is 0.361. The number of carbonyl (C=O) groups excluding carboxylic acids is 2. The van der Waals surface area contributed by atoms with Crippen LogP contribution in [0.2, 0.25) is 0 Å². The number of nitrogens with one attached hydrogen (secondary N) is 3. The number of piperazine rings is 1. The van der Waals surface area contributed by atoms with Crippen molar-refractivity contribution in [1.82, 2.24) is 15.6 Å². The Morgan fingerprint density at radius 2 is 1.90 bits per heavy atom. The van der Waals surface area contributed by atoms with Crippen LogP contribution in [0.5, 0.6) is 0 Å². The lowest BCUT2D eigenvalue weighted by atomic mass is 9.86. The topological polar surface area (TPSA) is 114 Å². The van der Waals surface area contributed by atoms with Gasteiger partial charge in [-0.1, -0.05) is 26.0 Å². The smallest absolute Gasteiger partial charge is 0.268 e. The fourth-order valence-corrected chi connectivity index (χ4v) is 3.50. The summed E-state index contributed by atoms with van der Waals surface area (Å²) in [6.07, 6.45) is 2.84. The highest BCUT2D eigenvalue weighted by molar-refractivity contribution is 6.08. The monoisotopic (exact) mass is 425 g/mol. The molecule has 2 aromatic rings. The van der Waals surface area contributed by atoms with E-state index >= 15 is 0 Å². The van der Waals surface area contributed by atoms with Gasteiger partial charge >= 0.3 is 0 Å². The number of H-pyrrole nitrogens is 1. The van der Waals surface area contributed by atoms with Crippen molar-refractivity contribution in [3.8, 4) is 0 Å². The summed E-state index contributed by atoms with van der Waals surface area (Å²) in [4.78, 5) is 28.0. The first-order valence-electron chi connectivity index (χ1n) is 10.4. The molecule has 166 valence electrons.